The molecule has 1 aliphatic rings. The minimum Gasteiger partial charge on any atom is -0.366 e. The molecular formula is C27H32BrN5S. The highest BCUT2D eigenvalue weighted by atomic mass is 79.9. The molecule has 1 aliphatic heterocycles. The van der Waals surface area contributed by atoms with E-state index in [1.807, 2.05) is 34.9 Å². The van der Waals surface area contributed by atoms with E-state index < -0.39 is 0 Å². The van der Waals surface area contributed by atoms with Crippen molar-refractivity contribution in [3.8, 4) is 0 Å². The number of nitrogens with one attached hydrogen (secondary N) is 1. The van der Waals surface area contributed by atoms with Crippen LogP contribution in [0.2, 0.25) is 0 Å². The first-order chi connectivity index (χ1) is 16.5. The first-order valence-electron chi connectivity index (χ1n) is 11.6. The van der Waals surface area contributed by atoms with E-state index in [0.29, 0.717) is 12.5 Å². The molecule has 1 atom stereocenters. The lowest BCUT2D eigenvalue weighted by molar-refractivity contribution is 0.184. The summed E-state index contributed by atoms with van der Waals surface area (Å²) >= 11 is 5.42. The number of likely N-dealkylation sites (tertiary alicyclic amines) is 1. The summed E-state index contributed by atoms with van der Waals surface area (Å²) in [5.74, 6) is 1.35. The van der Waals surface area contributed by atoms with Crippen molar-refractivity contribution in [1.82, 2.24) is 25.0 Å². The Labute approximate surface area is 215 Å². The number of aromatic nitrogens is 3. The number of thioether (sulfide) groups is 1. The first-order valence-corrected chi connectivity index (χ1v) is 13.6. The van der Waals surface area contributed by atoms with Gasteiger partial charge in [-0.25, -0.2) is 4.68 Å². The van der Waals surface area contributed by atoms with E-state index in [-0.39, 0.29) is 0 Å². The number of hydrogen-bond acceptors (Lipinski definition) is 5. The standard InChI is InChI=1S/C27H32BrN5S/c1-20(23-10-7-13-32(18-23)19-24-9-4-5-11-26(24)34-3)14-27(33-21(2)25(28)17-31-33)30-16-22-8-6-12-29-15-22/h4-6,8-9,11-12,14-15,17,23,30H,1,7,10,13,16,18-19H2,2-3H3/b27-14-. The second-order valence-corrected chi connectivity index (χ2v) is 10.4. The summed E-state index contributed by atoms with van der Waals surface area (Å²) in [6, 6.07) is 12.8. The van der Waals surface area contributed by atoms with Crippen LogP contribution in [0.4, 0.5) is 0 Å². The van der Waals surface area contributed by atoms with Crippen LogP contribution in [0.1, 0.15) is 29.7 Å². The largest absolute Gasteiger partial charge is 0.366 e. The number of piperidine rings is 1. The fourth-order valence-corrected chi connectivity index (χ4v) is 5.25. The van der Waals surface area contributed by atoms with Crippen molar-refractivity contribution in [2.24, 2.45) is 5.92 Å². The highest BCUT2D eigenvalue weighted by molar-refractivity contribution is 9.10. The van der Waals surface area contributed by atoms with Crippen LogP contribution in [0.3, 0.4) is 0 Å². The molecule has 1 fully saturated rings. The summed E-state index contributed by atoms with van der Waals surface area (Å²) in [5, 5.41) is 8.15. The van der Waals surface area contributed by atoms with Crippen molar-refractivity contribution in [1.29, 1.82) is 0 Å². The van der Waals surface area contributed by atoms with Gasteiger partial charge in [-0.15, -0.1) is 11.8 Å². The second kappa shape index (κ2) is 11.9. The van der Waals surface area contributed by atoms with E-state index in [0.717, 1.165) is 53.2 Å². The third kappa shape index (κ3) is 6.20. The van der Waals surface area contributed by atoms with Crippen molar-refractivity contribution in [2.45, 2.75) is 37.8 Å². The molecule has 0 spiro atoms. The molecule has 3 aromatic rings. The van der Waals surface area contributed by atoms with Crippen LogP contribution < -0.4 is 5.32 Å². The summed E-state index contributed by atoms with van der Waals surface area (Å²) in [5.41, 5.74) is 4.73. The fraction of sp³-hybridized carbons (Fsp3) is 0.333. The summed E-state index contributed by atoms with van der Waals surface area (Å²) < 4.78 is 2.93. The fourth-order valence-electron chi connectivity index (χ4n) is 4.38. The van der Waals surface area contributed by atoms with Crippen LogP contribution in [0.5, 0.6) is 0 Å². The SMILES string of the molecule is C=C(/C=C(/NCc1cccnc1)n1ncc(Br)c1C)C1CCCN(Cc2ccccc2SC)C1. The Bertz CT molecular complexity index is 1140. The van der Waals surface area contributed by atoms with E-state index in [9.17, 15) is 0 Å². The number of benzene rings is 1. The van der Waals surface area contributed by atoms with E-state index in [1.165, 1.54) is 16.9 Å². The van der Waals surface area contributed by atoms with Crippen LogP contribution >= 0.6 is 27.7 Å². The monoisotopic (exact) mass is 537 g/mol. The molecule has 3 heterocycles. The Balaban J connectivity index is 1.50. The Hall–Kier alpha value is -2.35. The zero-order valence-electron chi connectivity index (χ0n) is 19.9. The molecule has 178 valence electrons. The maximum absolute atomic E-state index is 4.59. The Morgan fingerprint density at radius 2 is 2.12 bits per heavy atom. The quantitative estimate of drug-likeness (QED) is 0.263. The first kappa shape index (κ1) is 24.8. The molecular weight excluding hydrogens is 506 g/mol. The predicted octanol–water partition coefficient (Wildman–Crippen LogP) is 6.13. The molecule has 0 amide bonds. The molecule has 34 heavy (non-hydrogen) atoms. The molecule has 4 rings (SSSR count). The minimum atomic E-state index is 0.421. The van der Waals surface area contributed by atoms with Gasteiger partial charge in [-0.2, -0.15) is 5.10 Å². The summed E-state index contributed by atoms with van der Waals surface area (Å²) in [7, 11) is 0. The average molecular weight is 539 g/mol. The van der Waals surface area contributed by atoms with Crippen molar-refractivity contribution in [2.75, 3.05) is 19.3 Å². The van der Waals surface area contributed by atoms with E-state index in [2.05, 4.69) is 92.4 Å². The third-order valence-electron chi connectivity index (χ3n) is 6.31. The lowest BCUT2D eigenvalue weighted by Crippen LogP contribution is -2.35. The molecule has 1 aromatic carbocycles. The molecule has 0 bridgehead atoms. The van der Waals surface area contributed by atoms with Gasteiger partial charge in [-0.1, -0.05) is 30.8 Å². The molecule has 1 N–H and O–H groups in total. The van der Waals surface area contributed by atoms with E-state index in [4.69, 9.17) is 0 Å². The highest BCUT2D eigenvalue weighted by Gasteiger charge is 2.23. The lowest BCUT2D eigenvalue weighted by Gasteiger charge is -2.33. The Kier molecular flexibility index (Phi) is 8.64. The number of hydrogen-bond donors (Lipinski definition) is 1. The summed E-state index contributed by atoms with van der Waals surface area (Å²) in [4.78, 5) is 8.17. The van der Waals surface area contributed by atoms with Gasteiger partial charge in [-0.05, 0) is 89.3 Å². The second-order valence-electron chi connectivity index (χ2n) is 8.70. The van der Waals surface area contributed by atoms with Crippen LogP contribution in [-0.2, 0) is 13.1 Å². The topological polar surface area (TPSA) is 46.0 Å². The van der Waals surface area contributed by atoms with Crippen LogP contribution in [0, 0.1) is 12.8 Å². The Morgan fingerprint density at radius 1 is 1.26 bits per heavy atom. The number of halogens is 1. The molecule has 1 unspecified atom stereocenters. The smallest absolute Gasteiger partial charge is 0.128 e. The van der Waals surface area contributed by atoms with E-state index in [1.54, 1.807) is 6.20 Å². The normalized spacial score (nSPS) is 17.0. The lowest BCUT2D eigenvalue weighted by atomic mass is 9.90. The maximum Gasteiger partial charge on any atom is 0.128 e. The molecule has 2 aromatic heterocycles. The number of rotatable bonds is 9. The molecule has 7 heteroatoms. The zero-order valence-corrected chi connectivity index (χ0v) is 22.3. The molecule has 0 radical (unpaired) electrons. The molecule has 0 saturated carbocycles. The van der Waals surface area contributed by atoms with Gasteiger partial charge in [0.1, 0.15) is 5.82 Å². The van der Waals surface area contributed by atoms with Gasteiger partial charge in [-0.3, -0.25) is 9.88 Å². The number of pyridine rings is 1. The van der Waals surface area contributed by atoms with Gasteiger partial charge in [0.05, 0.1) is 16.4 Å². The van der Waals surface area contributed by atoms with Crippen molar-refractivity contribution < 1.29 is 0 Å². The maximum atomic E-state index is 4.59. The van der Waals surface area contributed by atoms with Gasteiger partial charge in [0.15, 0.2) is 0 Å². The van der Waals surface area contributed by atoms with Crippen molar-refractivity contribution >= 4 is 33.5 Å². The van der Waals surface area contributed by atoms with E-state index >= 15 is 0 Å². The van der Waals surface area contributed by atoms with Gasteiger partial charge in [0, 0.05) is 36.9 Å². The minimum absolute atomic E-state index is 0.421. The van der Waals surface area contributed by atoms with Crippen molar-refractivity contribution in [3.63, 3.8) is 0 Å². The predicted molar refractivity (Wildman–Crippen MR) is 145 cm³/mol. The van der Waals surface area contributed by atoms with Gasteiger partial charge in [0.25, 0.3) is 0 Å². The molecule has 5 nitrogen and oxygen atoms in total. The average Bonchev–Trinajstić information content (AvgIpc) is 3.20. The van der Waals surface area contributed by atoms with Crippen molar-refractivity contribution in [3.05, 3.63) is 94.5 Å². The zero-order chi connectivity index (χ0) is 23.9. The molecule has 1 saturated heterocycles. The highest BCUT2D eigenvalue weighted by Crippen LogP contribution is 2.28. The van der Waals surface area contributed by atoms with Gasteiger partial charge < -0.3 is 5.32 Å². The van der Waals surface area contributed by atoms with Gasteiger partial charge >= 0.3 is 0 Å². The third-order valence-corrected chi connectivity index (χ3v) is 7.93. The van der Waals surface area contributed by atoms with Crippen LogP contribution in [-0.4, -0.2) is 39.0 Å². The number of nitrogens with zero attached hydrogens (tertiary/aromatic N) is 4. The van der Waals surface area contributed by atoms with Gasteiger partial charge in [0.2, 0.25) is 0 Å². The summed E-state index contributed by atoms with van der Waals surface area (Å²) in [6.07, 6.45) is 12.2. The Morgan fingerprint density at radius 3 is 2.85 bits per heavy atom. The summed E-state index contributed by atoms with van der Waals surface area (Å²) in [6.45, 7) is 10.4. The number of allylic oxidation sites excluding steroid dienone is 1. The molecule has 0 aliphatic carbocycles. The van der Waals surface area contributed by atoms with Crippen LogP contribution in [0.15, 0.2) is 82.6 Å². The van der Waals surface area contributed by atoms with Crippen LogP contribution in [0.25, 0.3) is 5.82 Å².